The second-order valence-electron chi connectivity index (χ2n) is 5.66. The van der Waals surface area contributed by atoms with E-state index in [4.69, 9.17) is 9.76 Å². The number of nitrogens with one attached hydrogen (secondary N) is 1. The van der Waals surface area contributed by atoms with Gasteiger partial charge in [-0.25, -0.2) is 9.45 Å². The van der Waals surface area contributed by atoms with Gasteiger partial charge in [0.2, 0.25) is 0 Å². The lowest BCUT2D eigenvalue weighted by Gasteiger charge is -2.02. The molecule has 13 heteroatoms. The zero-order valence-electron chi connectivity index (χ0n) is 15.4. The van der Waals surface area contributed by atoms with Crippen molar-refractivity contribution in [2.45, 2.75) is 4.21 Å². The number of rotatable bonds is 5. The SMILES string of the molecule is CS(=O)(=O)O.O=C(/C=C/c1ccn(S(=O)(=O)c2ccc(-c3ccccn3)s2)c1)NO. The number of hydrogen-bond acceptors (Lipinski definition) is 8. The fourth-order valence-corrected chi connectivity index (χ4v) is 4.65. The first-order chi connectivity index (χ1) is 14.0. The number of thiophene rings is 1. The van der Waals surface area contributed by atoms with E-state index in [1.54, 1.807) is 30.5 Å². The Morgan fingerprint density at radius 1 is 1.17 bits per heavy atom. The highest BCUT2D eigenvalue weighted by molar-refractivity contribution is 7.92. The Bertz CT molecular complexity index is 1240. The van der Waals surface area contributed by atoms with E-state index >= 15 is 0 Å². The molecule has 1 amide bonds. The Labute approximate surface area is 176 Å². The van der Waals surface area contributed by atoms with Gasteiger partial charge in [0.05, 0.1) is 16.8 Å². The van der Waals surface area contributed by atoms with Gasteiger partial charge in [0.25, 0.3) is 26.0 Å². The van der Waals surface area contributed by atoms with Crippen LogP contribution in [0, 0.1) is 0 Å². The summed E-state index contributed by atoms with van der Waals surface area (Å²) >= 11 is 1.13. The molecule has 3 aromatic heterocycles. The molecule has 0 radical (unpaired) electrons. The van der Waals surface area contributed by atoms with Crippen LogP contribution in [0.2, 0.25) is 0 Å². The molecule has 0 aliphatic carbocycles. The quantitative estimate of drug-likeness (QED) is 0.220. The molecule has 3 heterocycles. The van der Waals surface area contributed by atoms with Gasteiger partial charge in [0, 0.05) is 24.7 Å². The predicted octanol–water partition coefficient (Wildman–Crippen LogP) is 1.87. The molecular formula is C17H17N3O7S3. The van der Waals surface area contributed by atoms with Crippen LogP contribution in [0.4, 0.5) is 0 Å². The fraction of sp³-hybridized carbons (Fsp3) is 0.0588. The number of aromatic nitrogens is 2. The highest BCUT2D eigenvalue weighted by Crippen LogP contribution is 2.30. The van der Waals surface area contributed by atoms with Crippen LogP contribution < -0.4 is 5.48 Å². The number of hydrogen-bond donors (Lipinski definition) is 3. The van der Waals surface area contributed by atoms with Crippen molar-refractivity contribution in [3.8, 4) is 10.6 Å². The summed E-state index contributed by atoms with van der Waals surface area (Å²) in [6.45, 7) is 0. The van der Waals surface area contributed by atoms with E-state index in [9.17, 15) is 21.6 Å². The molecule has 0 fully saturated rings. The standard InChI is InChI=1S/C16H13N3O4S2.CH4O3S/c20-15(18-21)6-4-12-8-10-19(11-12)25(22,23)16-7-5-14(24-16)13-3-1-2-9-17-13;1-5(2,3)4/h1-11,21H,(H,18,20);1H3,(H,2,3,4)/b6-4+;. The van der Waals surface area contributed by atoms with E-state index < -0.39 is 26.0 Å². The van der Waals surface area contributed by atoms with Gasteiger partial charge >= 0.3 is 0 Å². The van der Waals surface area contributed by atoms with Crippen molar-refractivity contribution in [2.24, 2.45) is 0 Å². The minimum absolute atomic E-state index is 0.187. The smallest absolute Gasteiger partial charge is 0.277 e. The minimum Gasteiger partial charge on any atom is -0.288 e. The minimum atomic E-state index is -3.73. The molecule has 0 unspecified atom stereocenters. The molecule has 3 aromatic rings. The topological polar surface area (TPSA) is 156 Å². The summed E-state index contributed by atoms with van der Waals surface area (Å²) in [7, 11) is -7.39. The van der Waals surface area contributed by atoms with Crippen molar-refractivity contribution in [1.29, 1.82) is 0 Å². The van der Waals surface area contributed by atoms with Crippen LogP contribution in [0.15, 0.2) is 65.3 Å². The Morgan fingerprint density at radius 3 is 2.47 bits per heavy atom. The monoisotopic (exact) mass is 471 g/mol. The molecule has 3 rings (SSSR count). The van der Waals surface area contributed by atoms with Gasteiger partial charge in [-0.05, 0) is 42.0 Å². The van der Waals surface area contributed by atoms with Gasteiger partial charge in [-0.1, -0.05) is 6.07 Å². The van der Waals surface area contributed by atoms with Crippen LogP contribution in [0.25, 0.3) is 16.6 Å². The maximum atomic E-state index is 12.7. The molecule has 0 aliphatic rings. The molecule has 0 saturated heterocycles. The maximum Gasteiger partial charge on any atom is 0.277 e. The van der Waals surface area contributed by atoms with Crippen LogP contribution in [-0.4, -0.2) is 47.7 Å². The van der Waals surface area contributed by atoms with E-state index in [0.717, 1.165) is 26.3 Å². The largest absolute Gasteiger partial charge is 0.288 e. The summed E-state index contributed by atoms with van der Waals surface area (Å²) < 4.78 is 52.5. The molecule has 30 heavy (non-hydrogen) atoms. The first-order valence-corrected chi connectivity index (χ1v) is 12.1. The zero-order valence-corrected chi connectivity index (χ0v) is 17.9. The Balaban J connectivity index is 0.000000575. The normalized spacial score (nSPS) is 11.7. The third-order valence-electron chi connectivity index (χ3n) is 3.26. The van der Waals surface area contributed by atoms with E-state index in [-0.39, 0.29) is 4.21 Å². The number of hydroxylamine groups is 1. The molecule has 0 aromatic carbocycles. The van der Waals surface area contributed by atoms with E-state index in [2.05, 4.69) is 4.98 Å². The van der Waals surface area contributed by atoms with Crippen LogP contribution in [0.5, 0.6) is 0 Å². The molecule has 0 aliphatic heterocycles. The summed E-state index contributed by atoms with van der Waals surface area (Å²) in [5, 5.41) is 8.44. The summed E-state index contributed by atoms with van der Waals surface area (Å²) in [4.78, 5) is 15.9. The average molecular weight is 472 g/mol. The first-order valence-electron chi connectivity index (χ1n) is 8.00. The van der Waals surface area contributed by atoms with E-state index in [1.807, 2.05) is 12.1 Å². The zero-order chi connectivity index (χ0) is 22.4. The van der Waals surface area contributed by atoms with Crippen LogP contribution >= 0.6 is 11.3 Å². The third kappa shape index (κ3) is 6.89. The van der Waals surface area contributed by atoms with Gasteiger partial charge < -0.3 is 0 Å². The molecular weight excluding hydrogens is 454 g/mol. The van der Waals surface area contributed by atoms with Crippen molar-refractivity contribution < 1.29 is 31.4 Å². The summed E-state index contributed by atoms with van der Waals surface area (Å²) in [5.74, 6) is -0.700. The third-order valence-corrected chi connectivity index (χ3v) is 6.47. The molecule has 3 N–H and O–H groups in total. The Morgan fingerprint density at radius 2 is 1.87 bits per heavy atom. The lowest BCUT2D eigenvalue weighted by atomic mass is 10.3. The number of amides is 1. The molecule has 0 atom stereocenters. The average Bonchev–Trinajstić information content (AvgIpc) is 3.36. The number of carbonyl (C=O) groups is 1. The van der Waals surface area contributed by atoms with Crippen molar-refractivity contribution in [3.63, 3.8) is 0 Å². The first kappa shape index (κ1) is 23.4. The van der Waals surface area contributed by atoms with E-state index in [1.165, 1.54) is 23.9 Å². The highest BCUT2D eigenvalue weighted by atomic mass is 32.2. The van der Waals surface area contributed by atoms with Gasteiger partial charge in [-0.2, -0.15) is 16.8 Å². The Hall–Kier alpha value is -2.84. The predicted molar refractivity (Wildman–Crippen MR) is 111 cm³/mol. The van der Waals surface area contributed by atoms with Crippen molar-refractivity contribution in [3.05, 3.63) is 66.6 Å². The van der Waals surface area contributed by atoms with Crippen molar-refractivity contribution in [2.75, 3.05) is 6.26 Å². The van der Waals surface area contributed by atoms with Crippen LogP contribution in [0.1, 0.15) is 5.56 Å². The molecule has 160 valence electrons. The second-order valence-corrected chi connectivity index (χ2v) is 10.3. The van der Waals surface area contributed by atoms with Crippen molar-refractivity contribution >= 4 is 43.5 Å². The lowest BCUT2D eigenvalue weighted by Crippen LogP contribution is -2.14. The van der Waals surface area contributed by atoms with Gasteiger partial charge in [-0.15, -0.1) is 11.3 Å². The van der Waals surface area contributed by atoms with Gasteiger partial charge in [0.15, 0.2) is 0 Å². The van der Waals surface area contributed by atoms with Gasteiger partial charge in [-0.3, -0.25) is 19.5 Å². The second kappa shape index (κ2) is 9.77. The molecule has 0 saturated carbocycles. The highest BCUT2D eigenvalue weighted by Gasteiger charge is 2.19. The summed E-state index contributed by atoms with van der Waals surface area (Å²) in [5.41, 5.74) is 2.68. The summed E-state index contributed by atoms with van der Waals surface area (Å²) in [6, 6.07) is 10.2. The number of carbonyl (C=O) groups excluding carboxylic acids is 1. The van der Waals surface area contributed by atoms with E-state index in [0.29, 0.717) is 17.5 Å². The van der Waals surface area contributed by atoms with Gasteiger partial charge in [0.1, 0.15) is 4.21 Å². The maximum absolute atomic E-state index is 12.7. The summed E-state index contributed by atoms with van der Waals surface area (Å²) in [6.07, 6.45) is 7.63. The molecule has 0 spiro atoms. The number of pyridine rings is 1. The van der Waals surface area contributed by atoms with Crippen molar-refractivity contribution in [1.82, 2.24) is 14.4 Å². The Kier molecular flexibility index (Phi) is 7.64. The fourth-order valence-electron chi connectivity index (χ4n) is 2.06. The lowest BCUT2D eigenvalue weighted by molar-refractivity contribution is -0.124. The van der Waals surface area contributed by atoms with Crippen LogP contribution in [0.3, 0.4) is 0 Å². The molecule has 0 bridgehead atoms. The van der Waals surface area contributed by atoms with Crippen LogP contribution in [-0.2, 0) is 24.9 Å². The number of nitrogens with zero attached hydrogens (tertiary/aromatic N) is 2. The molecule has 10 nitrogen and oxygen atoms in total.